The number of urea groups is 1. The first kappa shape index (κ1) is 12.3. The van der Waals surface area contributed by atoms with E-state index in [1.807, 2.05) is 47.0 Å². The van der Waals surface area contributed by atoms with Crippen LogP contribution in [0.1, 0.15) is 12.0 Å². The molecule has 1 saturated heterocycles. The Balaban J connectivity index is 1.80. The van der Waals surface area contributed by atoms with Crippen molar-refractivity contribution < 1.29 is 4.79 Å². The lowest BCUT2D eigenvalue weighted by atomic mass is 10.2. The number of hydrogen-bond acceptors (Lipinski definition) is 2. The number of nitrogens with one attached hydrogen (secondary N) is 1. The van der Waals surface area contributed by atoms with Crippen LogP contribution in [0, 0.1) is 0 Å². The minimum Gasteiger partial charge on any atom is -0.334 e. The van der Waals surface area contributed by atoms with Crippen LogP contribution in [0.15, 0.2) is 30.3 Å². The summed E-state index contributed by atoms with van der Waals surface area (Å²) in [5.41, 5.74) is 1.14. The van der Waals surface area contributed by atoms with Crippen LogP contribution in [0.3, 0.4) is 0 Å². The van der Waals surface area contributed by atoms with Gasteiger partial charge >= 0.3 is 6.03 Å². The molecule has 0 aromatic heterocycles. The normalized spacial score (nSPS) is 16.4. The predicted octanol–water partition coefficient (Wildman–Crippen LogP) is 2.34. The van der Waals surface area contributed by atoms with E-state index in [9.17, 15) is 4.79 Å². The van der Waals surface area contributed by atoms with Crippen LogP contribution in [-0.2, 0) is 6.54 Å². The van der Waals surface area contributed by atoms with Crippen molar-refractivity contribution >= 4 is 17.8 Å². The van der Waals surface area contributed by atoms with Gasteiger partial charge in [0.25, 0.3) is 0 Å². The number of rotatable bonds is 2. The molecule has 1 N–H and O–H groups in total. The number of thioether (sulfide) groups is 1. The summed E-state index contributed by atoms with van der Waals surface area (Å²) in [4.78, 5) is 13.8. The minimum absolute atomic E-state index is 0.0661. The average molecular weight is 250 g/mol. The van der Waals surface area contributed by atoms with Crippen LogP contribution in [0.4, 0.5) is 4.79 Å². The first-order chi connectivity index (χ1) is 8.36. The standard InChI is InChI=1S/C13H18N2OS/c16-13(15-7-4-9-17-10-8-15)14-11-12-5-2-1-3-6-12/h1-3,5-6H,4,7-11H2,(H,14,16). The van der Waals surface area contributed by atoms with E-state index in [2.05, 4.69) is 5.32 Å². The molecular weight excluding hydrogens is 232 g/mol. The van der Waals surface area contributed by atoms with Crippen molar-refractivity contribution in [1.82, 2.24) is 10.2 Å². The maximum absolute atomic E-state index is 11.9. The average Bonchev–Trinajstić information content (AvgIpc) is 2.66. The summed E-state index contributed by atoms with van der Waals surface area (Å²) in [6, 6.07) is 10.1. The van der Waals surface area contributed by atoms with Crippen molar-refractivity contribution in [1.29, 1.82) is 0 Å². The van der Waals surface area contributed by atoms with Gasteiger partial charge in [-0.1, -0.05) is 30.3 Å². The predicted molar refractivity (Wildman–Crippen MR) is 72.2 cm³/mol. The van der Waals surface area contributed by atoms with Crippen molar-refractivity contribution in [2.75, 3.05) is 24.6 Å². The van der Waals surface area contributed by atoms with Crippen molar-refractivity contribution in [2.24, 2.45) is 0 Å². The first-order valence-corrected chi connectivity index (χ1v) is 7.16. The lowest BCUT2D eigenvalue weighted by Crippen LogP contribution is -2.40. The highest BCUT2D eigenvalue weighted by Gasteiger charge is 2.14. The number of amides is 2. The van der Waals surface area contributed by atoms with Gasteiger partial charge in [-0.15, -0.1) is 0 Å². The Morgan fingerprint density at radius 2 is 2.06 bits per heavy atom. The summed E-state index contributed by atoms with van der Waals surface area (Å²) in [7, 11) is 0. The lowest BCUT2D eigenvalue weighted by Gasteiger charge is -2.20. The Morgan fingerprint density at radius 3 is 2.88 bits per heavy atom. The Morgan fingerprint density at radius 1 is 1.24 bits per heavy atom. The Kier molecular flexibility index (Phi) is 4.74. The molecule has 2 rings (SSSR count). The van der Waals surface area contributed by atoms with Gasteiger partial charge in [0.05, 0.1) is 0 Å². The molecular formula is C13H18N2OS. The van der Waals surface area contributed by atoms with E-state index in [4.69, 9.17) is 0 Å². The summed E-state index contributed by atoms with van der Waals surface area (Å²) in [5.74, 6) is 2.22. The molecule has 0 saturated carbocycles. The third-order valence-electron chi connectivity index (χ3n) is 2.80. The summed E-state index contributed by atoms with van der Waals surface area (Å²) >= 11 is 1.93. The molecule has 2 amide bonds. The van der Waals surface area contributed by atoms with Crippen molar-refractivity contribution in [2.45, 2.75) is 13.0 Å². The number of carbonyl (C=O) groups excluding carboxylic acids is 1. The molecule has 0 atom stereocenters. The van der Waals surface area contributed by atoms with Gasteiger partial charge in [0.2, 0.25) is 0 Å². The molecule has 3 nitrogen and oxygen atoms in total. The summed E-state index contributed by atoms with van der Waals surface area (Å²) in [5, 5.41) is 2.97. The Bertz CT molecular complexity index is 348. The monoisotopic (exact) mass is 250 g/mol. The van der Waals surface area contributed by atoms with Crippen molar-refractivity contribution in [3.63, 3.8) is 0 Å². The maximum Gasteiger partial charge on any atom is 0.317 e. The number of carbonyl (C=O) groups is 1. The van der Waals surface area contributed by atoms with E-state index in [0.717, 1.165) is 30.8 Å². The molecule has 0 aliphatic carbocycles. The molecule has 0 unspecified atom stereocenters. The van der Waals surface area contributed by atoms with Crippen LogP contribution in [-0.4, -0.2) is 35.5 Å². The third kappa shape index (κ3) is 3.97. The van der Waals surface area contributed by atoms with Gasteiger partial charge in [-0.25, -0.2) is 4.79 Å². The van der Waals surface area contributed by atoms with Gasteiger partial charge < -0.3 is 10.2 Å². The molecule has 1 aromatic rings. The molecule has 1 aliphatic rings. The third-order valence-corrected chi connectivity index (χ3v) is 3.84. The highest BCUT2D eigenvalue weighted by molar-refractivity contribution is 7.99. The van der Waals surface area contributed by atoms with Crippen molar-refractivity contribution in [3.8, 4) is 0 Å². The quantitative estimate of drug-likeness (QED) is 0.873. The van der Waals surface area contributed by atoms with Crippen LogP contribution >= 0.6 is 11.8 Å². The number of benzene rings is 1. The van der Waals surface area contributed by atoms with Gasteiger partial charge in [0, 0.05) is 25.4 Å². The fraction of sp³-hybridized carbons (Fsp3) is 0.462. The molecule has 92 valence electrons. The highest BCUT2D eigenvalue weighted by atomic mass is 32.2. The van der Waals surface area contributed by atoms with E-state index in [1.165, 1.54) is 5.75 Å². The van der Waals surface area contributed by atoms with E-state index < -0.39 is 0 Å². The molecule has 0 spiro atoms. The minimum atomic E-state index is 0.0661. The van der Waals surface area contributed by atoms with Gasteiger partial charge in [-0.3, -0.25) is 0 Å². The molecule has 1 heterocycles. The zero-order valence-electron chi connectivity index (χ0n) is 9.89. The first-order valence-electron chi connectivity index (χ1n) is 6.01. The summed E-state index contributed by atoms with van der Waals surface area (Å²) in [6.45, 7) is 2.36. The SMILES string of the molecule is O=C(NCc1ccccc1)N1CCCSCC1. The molecule has 17 heavy (non-hydrogen) atoms. The topological polar surface area (TPSA) is 32.3 Å². The second kappa shape index (κ2) is 6.55. The van der Waals surface area contributed by atoms with Gasteiger partial charge in [-0.05, 0) is 17.7 Å². The van der Waals surface area contributed by atoms with Gasteiger partial charge in [-0.2, -0.15) is 11.8 Å². The zero-order chi connectivity index (χ0) is 11.9. The number of hydrogen-bond donors (Lipinski definition) is 1. The van der Waals surface area contributed by atoms with E-state index in [-0.39, 0.29) is 6.03 Å². The highest BCUT2D eigenvalue weighted by Crippen LogP contribution is 2.10. The lowest BCUT2D eigenvalue weighted by molar-refractivity contribution is 0.201. The van der Waals surface area contributed by atoms with E-state index >= 15 is 0 Å². The summed E-state index contributed by atoms with van der Waals surface area (Å²) in [6.07, 6.45) is 1.10. The van der Waals surface area contributed by atoms with Crippen LogP contribution in [0.5, 0.6) is 0 Å². The molecule has 1 fully saturated rings. The summed E-state index contributed by atoms with van der Waals surface area (Å²) < 4.78 is 0. The second-order valence-electron chi connectivity index (χ2n) is 4.10. The fourth-order valence-corrected chi connectivity index (χ4v) is 2.72. The van der Waals surface area contributed by atoms with Crippen LogP contribution in [0.2, 0.25) is 0 Å². The van der Waals surface area contributed by atoms with Crippen LogP contribution < -0.4 is 5.32 Å². The zero-order valence-corrected chi connectivity index (χ0v) is 10.7. The van der Waals surface area contributed by atoms with E-state index in [0.29, 0.717) is 6.54 Å². The fourth-order valence-electron chi connectivity index (χ4n) is 1.83. The Labute approximate surface area is 107 Å². The smallest absolute Gasteiger partial charge is 0.317 e. The molecule has 4 heteroatoms. The molecule has 1 aromatic carbocycles. The van der Waals surface area contributed by atoms with Crippen LogP contribution in [0.25, 0.3) is 0 Å². The van der Waals surface area contributed by atoms with E-state index in [1.54, 1.807) is 0 Å². The maximum atomic E-state index is 11.9. The van der Waals surface area contributed by atoms with Crippen molar-refractivity contribution in [3.05, 3.63) is 35.9 Å². The van der Waals surface area contributed by atoms with Gasteiger partial charge in [0.15, 0.2) is 0 Å². The molecule has 1 aliphatic heterocycles. The van der Waals surface area contributed by atoms with Gasteiger partial charge in [0.1, 0.15) is 0 Å². The Hall–Kier alpha value is -1.16. The largest absolute Gasteiger partial charge is 0.334 e. The second-order valence-corrected chi connectivity index (χ2v) is 5.32. The molecule has 0 radical (unpaired) electrons. The molecule has 0 bridgehead atoms. The number of nitrogens with zero attached hydrogens (tertiary/aromatic N) is 1.